The smallest absolute Gasteiger partial charge is 0.273 e. The Balaban J connectivity index is 1.56. The van der Waals surface area contributed by atoms with Crippen molar-refractivity contribution >= 4 is 34.3 Å². The first-order valence-electron chi connectivity index (χ1n) is 12.5. The predicted molar refractivity (Wildman–Crippen MR) is 148 cm³/mol. The molecule has 0 bridgehead atoms. The molecule has 0 saturated heterocycles. The third kappa shape index (κ3) is 6.06. The number of benzene rings is 2. The number of fused-ring (bicyclic) bond motifs is 1. The number of nitrogens with zero attached hydrogens (tertiary/aromatic N) is 2. The third-order valence-electron chi connectivity index (χ3n) is 6.21. The second-order valence-electron chi connectivity index (χ2n) is 8.66. The number of hydrogen-bond acceptors (Lipinski definition) is 5. The number of carbonyl (C=O) groups excluding carboxylic acids is 1. The average molecular weight is 504 g/mol. The Morgan fingerprint density at radius 2 is 1.78 bits per heavy atom. The Morgan fingerprint density at radius 1 is 1.03 bits per heavy atom. The molecule has 4 aromatic rings. The molecule has 2 heterocycles. The highest BCUT2D eigenvalue weighted by Crippen LogP contribution is 2.36. The summed E-state index contributed by atoms with van der Waals surface area (Å²) in [6.45, 7) is 8.94. The molecule has 0 atom stereocenters. The molecule has 4 rings (SSSR count). The highest BCUT2D eigenvalue weighted by atomic mass is 32.2. The van der Waals surface area contributed by atoms with Crippen molar-refractivity contribution in [3.63, 3.8) is 0 Å². The van der Waals surface area contributed by atoms with Crippen LogP contribution < -0.4 is 10.9 Å². The Bertz CT molecular complexity index is 1370. The summed E-state index contributed by atoms with van der Waals surface area (Å²) >= 11 is 1.62. The second kappa shape index (κ2) is 12.1. The van der Waals surface area contributed by atoms with E-state index in [4.69, 9.17) is 4.98 Å². The van der Waals surface area contributed by atoms with Gasteiger partial charge in [-0.1, -0.05) is 57.2 Å². The van der Waals surface area contributed by atoms with Crippen molar-refractivity contribution < 1.29 is 4.79 Å². The maximum atomic E-state index is 12.6. The fourth-order valence-electron chi connectivity index (χ4n) is 4.21. The van der Waals surface area contributed by atoms with Crippen LogP contribution in [0.3, 0.4) is 0 Å². The molecular weight excluding hydrogens is 470 g/mol. The summed E-state index contributed by atoms with van der Waals surface area (Å²) in [4.78, 5) is 34.0. The summed E-state index contributed by atoms with van der Waals surface area (Å²) in [6, 6.07) is 17.8. The van der Waals surface area contributed by atoms with Crippen molar-refractivity contribution in [3.05, 3.63) is 70.6 Å². The first kappa shape index (κ1) is 25.7. The van der Waals surface area contributed by atoms with E-state index in [1.165, 1.54) is 0 Å². The molecule has 188 valence electrons. The number of amides is 1. The summed E-state index contributed by atoms with van der Waals surface area (Å²) in [5.74, 6) is 0.0201. The van der Waals surface area contributed by atoms with E-state index >= 15 is 0 Å². The van der Waals surface area contributed by atoms with Gasteiger partial charge >= 0.3 is 0 Å². The standard InChI is InChI=1S/C28H33N5O2S/c1-4-9-23-27(28(35)32-31-23)24-18-25(21-10-7-8-11-22(21)30-24)36-20-14-12-19(13-15-20)29-26(34)16-17-33(5-2)6-3/h7-8,10-15,18H,4-6,9,16-17H2,1-3H3,(H,29,34)(H2,31,32,35). The number of para-hydroxylation sites is 1. The molecule has 0 spiro atoms. The average Bonchev–Trinajstić information content (AvgIpc) is 3.25. The van der Waals surface area contributed by atoms with Gasteiger partial charge in [0.05, 0.1) is 16.8 Å². The zero-order valence-electron chi connectivity index (χ0n) is 21.1. The first-order valence-corrected chi connectivity index (χ1v) is 13.3. The molecular formula is C28H33N5O2S. The van der Waals surface area contributed by atoms with Crippen LogP contribution in [0.2, 0.25) is 0 Å². The van der Waals surface area contributed by atoms with Crippen LogP contribution in [-0.2, 0) is 11.2 Å². The minimum Gasteiger partial charge on any atom is -0.326 e. The van der Waals surface area contributed by atoms with Crippen LogP contribution in [0.25, 0.3) is 22.2 Å². The molecule has 0 aliphatic heterocycles. The van der Waals surface area contributed by atoms with Gasteiger partial charge in [-0.3, -0.25) is 14.7 Å². The molecule has 3 N–H and O–H groups in total. The van der Waals surface area contributed by atoms with Crippen LogP contribution in [0.4, 0.5) is 5.69 Å². The van der Waals surface area contributed by atoms with Gasteiger partial charge in [0, 0.05) is 39.5 Å². The van der Waals surface area contributed by atoms with Crippen LogP contribution in [0, 0.1) is 0 Å². The number of pyridine rings is 1. The Kier molecular flexibility index (Phi) is 8.61. The molecule has 0 aliphatic carbocycles. The van der Waals surface area contributed by atoms with Crippen LogP contribution in [-0.4, -0.2) is 45.6 Å². The summed E-state index contributed by atoms with van der Waals surface area (Å²) in [5.41, 5.74) is 3.62. The number of nitrogens with one attached hydrogen (secondary N) is 3. The zero-order valence-corrected chi connectivity index (χ0v) is 21.9. The van der Waals surface area contributed by atoms with E-state index in [1.807, 2.05) is 54.6 Å². The molecule has 0 radical (unpaired) electrons. The normalized spacial score (nSPS) is 11.3. The van der Waals surface area contributed by atoms with Gasteiger partial charge < -0.3 is 15.3 Å². The maximum absolute atomic E-state index is 12.6. The van der Waals surface area contributed by atoms with Crippen molar-refractivity contribution in [1.29, 1.82) is 0 Å². The lowest BCUT2D eigenvalue weighted by Gasteiger charge is -2.17. The Labute approximate surface area is 215 Å². The fraction of sp³-hybridized carbons (Fsp3) is 0.321. The predicted octanol–water partition coefficient (Wildman–Crippen LogP) is 5.69. The molecule has 36 heavy (non-hydrogen) atoms. The quantitative estimate of drug-likeness (QED) is 0.244. The van der Waals surface area contributed by atoms with Gasteiger partial charge in [-0.2, -0.15) is 0 Å². The number of H-pyrrole nitrogens is 2. The van der Waals surface area contributed by atoms with Crippen molar-refractivity contribution in [2.24, 2.45) is 0 Å². The minimum absolute atomic E-state index is 0.0201. The van der Waals surface area contributed by atoms with Crippen LogP contribution >= 0.6 is 11.8 Å². The molecule has 0 saturated carbocycles. The van der Waals surface area contributed by atoms with Crippen molar-refractivity contribution in [3.8, 4) is 11.3 Å². The van der Waals surface area contributed by atoms with E-state index in [-0.39, 0.29) is 11.5 Å². The van der Waals surface area contributed by atoms with Crippen LogP contribution in [0.5, 0.6) is 0 Å². The Hall–Kier alpha value is -3.36. The van der Waals surface area contributed by atoms with Gasteiger partial charge in [-0.25, -0.2) is 4.98 Å². The fourth-order valence-corrected chi connectivity index (χ4v) is 5.19. The Morgan fingerprint density at radius 3 is 2.50 bits per heavy atom. The molecule has 0 aliphatic rings. The van der Waals surface area contributed by atoms with Crippen LogP contribution in [0.15, 0.2) is 69.2 Å². The van der Waals surface area contributed by atoms with Gasteiger partial charge in [0.25, 0.3) is 5.56 Å². The van der Waals surface area contributed by atoms with Gasteiger partial charge in [-0.05, 0) is 55.9 Å². The van der Waals surface area contributed by atoms with Crippen LogP contribution in [0.1, 0.15) is 39.3 Å². The summed E-state index contributed by atoms with van der Waals surface area (Å²) < 4.78 is 0. The van der Waals surface area contributed by atoms with Gasteiger partial charge in [-0.15, -0.1) is 0 Å². The lowest BCUT2D eigenvalue weighted by Crippen LogP contribution is -2.27. The third-order valence-corrected chi connectivity index (χ3v) is 7.27. The summed E-state index contributed by atoms with van der Waals surface area (Å²) in [6.07, 6.45) is 2.17. The largest absolute Gasteiger partial charge is 0.326 e. The van der Waals surface area contributed by atoms with E-state index in [1.54, 1.807) is 11.8 Å². The van der Waals surface area contributed by atoms with E-state index in [0.29, 0.717) is 17.7 Å². The topological polar surface area (TPSA) is 93.9 Å². The highest BCUT2D eigenvalue weighted by Gasteiger charge is 2.16. The van der Waals surface area contributed by atoms with Gasteiger partial charge in [0.15, 0.2) is 0 Å². The maximum Gasteiger partial charge on any atom is 0.273 e. The SMILES string of the molecule is CCCc1[nH][nH]c(=O)c1-c1cc(Sc2ccc(NC(=O)CCN(CC)CC)cc2)c2ccccc2n1. The molecule has 2 aromatic carbocycles. The number of aromatic nitrogens is 3. The van der Waals surface area contributed by atoms with Crippen molar-refractivity contribution in [2.75, 3.05) is 25.0 Å². The van der Waals surface area contributed by atoms with E-state index in [0.717, 1.165) is 64.6 Å². The molecule has 0 unspecified atom stereocenters. The number of aryl methyl sites for hydroxylation is 1. The number of hydrogen-bond donors (Lipinski definition) is 3. The monoisotopic (exact) mass is 503 g/mol. The van der Waals surface area contributed by atoms with E-state index in [9.17, 15) is 9.59 Å². The number of aromatic amines is 2. The minimum atomic E-state index is -0.154. The highest BCUT2D eigenvalue weighted by molar-refractivity contribution is 7.99. The molecule has 7 nitrogen and oxygen atoms in total. The van der Waals surface area contributed by atoms with Gasteiger partial charge in [0.1, 0.15) is 0 Å². The molecule has 2 aromatic heterocycles. The number of carbonyl (C=O) groups is 1. The van der Waals surface area contributed by atoms with Gasteiger partial charge in [0.2, 0.25) is 5.91 Å². The summed E-state index contributed by atoms with van der Waals surface area (Å²) in [5, 5.41) is 9.75. The first-order chi connectivity index (χ1) is 17.5. The lowest BCUT2D eigenvalue weighted by molar-refractivity contribution is -0.116. The zero-order chi connectivity index (χ0) is 25.5. The molecule has 0 fully saturated rings. The van der Waals surface area contributed by atoms with Crippen molar-refractivity contribution in [2.45, 2.75) is 49.8 Å². The lowest BCUT2D eigenvalue weighted by atomic mass is 10.1. The summed E-state index contributed by atoms with van der Waals surface area (Å²) in [7, 11) is 0. The van der Waals surface area contributed by atoms with E-state index < -0.39 is 0 Å². The van der Waals surface area contributed by atoms with Crippen molar-refractivity contribution in [1.82, 2.24) is 20.1 Å². The van der Waals surface area contributed by atoms with E-state index in [2.05, 4.69) is 41.2 Å². The molecule has 8 heteroatoms. The number of anilines is 1. The second-order valence-corrected chi connectivity index (χ2v) is 9.77. The molecule has 1 amide bonds. The number of rotatable bonds is 11.